The fraction of sp³-hybridized carbons (Fsp3) is 0.304. The molecule has 11 heteroatoms. The maximum absolute atomic E-state index is 13.5. The number of aromatic nitrogens is 2. The van der Waals surface area contributed by atoms with Crippen LogP contribution in [0.5, 0.6) is 0 Å². The molecule has 2 aliphatic heterocycles. The zero-order valence-electron chi connectivity index (χ0n) is 18.6. The Hall–Kier alpha value is -4.28. The molecule has 4 heterocycles. The molecule has 0 saturated carbocycles. The summed E-state index contributed by atoms with van der Waals surface area (Å²) in [5.41, 5.74) is 0.663. The van der Waals surface area contributed by atoms with E-state index in [0.717, 1.165) is 0 Å². The Bertz CT molecular complexity index is 1490. The summed E-state index contributed by atoms with van der Waals surface area (Å²) in [7, 11) is 1.65. The van der Waals surface area contributed by atoms with E-state index in [9.17, 15) is 24.5 Å². The van der Waals surface area contributed by atoms with Crippen LogP contribution in [0.3, 0.4) is 0 Å². The van der Waals surface area contributed by atoms with E-state index < -0.39 is 28.0 Å². The Morgan fingerprint density at radius 3 is 2.76 bits per heavy atom. The number of fused-ring (bicyclic) bond motifs is 5. The number of carbonyl (C=O) groups excluding carboxylic acids is 2. The number of pyridine rings is 2. The molecule has 5 rings (SSSR count). The SMILES string of the molecule is CCC1(OC(C)=O)C(=O)OCc2c1cc1n(c2=O)Cc2c-1nc1cccc([N+](=O)[O-])c1c2NC. The molecule has 34 heavy (non-hydrogen) atoms. The Labute approximate surface area is 192 Å². The molecule has 2 aliphatic rings. The number of nitro benzene ring substituents is 1. The van der Waals surface area contributed by atoms with Crippen LogP contribution in [-0.4, -0.2) is 33.5 Å². The number of hydrogen-bond donors (Lipinski definition) is 1. The van der Waals surface area contributed by atoms with Gasteiger partial charge in [0.25, 0.3) is 11.2 Å². The lowest BCUT2D eigenvalue weighted by Gasteiger charge is -2.35. The van der Waals surface area contributed by atoms with Gasteiger partial charge in [0.15, 0.2) is 0 Å². The molecule has 1 N–H and O–H groups in total. The number of esters is 2. The Morgan fingerprint density at radius 2 is 2.12 bits per heavy atom. The minimum atomic E-state index is -1.74. The van der Waals surface area contributed by atoms with Gasteiger partial charge in [-0.15, -0.1) is 0 Å². The number of nitrogens with one attached hydrogen (secondary N) is 1. The topological polar surface area (TPSA) is 143 Å². The maximum atomic E-state index is 13.5. The van der Waals surface area contributed by atoms with Gasteiger partial charge in [0, 0.05) is 31.2 Å². The fourth-order valence-electron chi connectivity index (χ4n) is 4.94. The normalized spacial score (nSPS) is 18.0. The summed E-state index contributed by atoms with van der Waals surface area (Å²) >= 11 is 0. The van der Waals surface area contributed by atoms with E-state index in [-0.39, 0.29) is 36.4 Å². The van der Waals surface area contributed by atoms with Crippen molar-refractivity contribution in [2.24, 2.45) is 0 Å². The lowest BCUT2D eigenvalue weighted by atomic mass is 9.85. The van der Waals surface area contributed by atoms with E-state index in [1.165, 1.54) is 17.6 Å². The first-order valence-electron chi connectivity index (χ1n) is 10.7. The number of nitrogens with zero attached hydrogens (tertiary/aromatic N) is 3. The monoisotopic (exact) mass is 464 g/mol. The van der Waals surface area contributed by atoms with Crippen molar-refractivity contribution < 1.29 is 24.0 Å². The number of hydrogen-bond acceptors (Lipinski definition) is 9. The van der Waals surface area contributed by atoms with Gasteiger partial charge >= 0.3 is 11.9 Å². The van der Waals surface area contributed by atoms with Gasteiger partial charge in [-0.2, -0.15) is 0 Å². The summed E-state index contributed by atoms with van der Waals surface area (Å²) in [6, 6.07) is 6.26. The van der Waals surface area contributed by atoms with Gasteiger partial charge in [-0.05, 0) is 18.6 Å². The number of ether oxygens (including phenoxy) is 2. The average Bonchev–Trinajstić information content (AvgIpc) is 3.17. The van der Waals surface area contributed by atoms with Crippen LogP contribution in [0.1, 0.15) is 37.0 Å². The first-order chi connectivity index (χ1) is 16.2. The van der Waals surface area contributed by atoms with Crippen LogP contribution in [0, 0.1) is 10.1 Å². The summed E-state index contributed by atoms with van der Waals surface area (Å²) in [5.74, 6) is -1.42. The van der Waals surface area contributed by atoms with Crippen molar-refractivity contribution in [1.82, 2.24) is 9.55 Å². The van der Waals surface area contributed by atoms with Crippen molar-refractivity contribution >= 4 is 34.2 Å². The molecule has 3 aromatic rings. The molecule has 1 aromatic carbocycles. The molecular formula is C23H20N4O7. The van der Waals surface area contributed by atoms with Crippen LogP contribution < -0.4 is 10.9 Å². The Balaban J connectivity index is 1.83. The number of cyclic esters (lactones) is 1. The predicted octanol–water partition coefficient (Wildman–Crippen LogP) is 2.60. The molecule has 2 aromatic heterocycles. The largest absolute Gasteiger partial charge is 0.457 e. The highest BCUT2D eigenvalue weighted by Crippen LogP contribution is 2.44. The zero-order valence-corrected chi connectivity index (χ0v) is 18.6. The zero-order chi connectivity index (χ0) is 24.4. The third-order valence-corrected chi connectivity index (χ3v) is 6.42. The summed E-state index contributed by atoms with van der Waals surface area (Å²) < 4.78 is 12.2. The second-order valence-corrected chi connectivity index (χ2v) is 8.16. The van der Waals surface area contributed by atoms with Crippen molar-refractivity contribution in [2.45, 2.75) is 39.0 Å². The first kappa shape index (κ1) is 21.6. The van der Waals surface area contributed by atoms with Crippen LogP contribution in [0.15, 0.2) is 29.1 Å². The van der Waals surface area contributed by atoms with Gasteiger partial charge < -0.3 is 19.4 Å². The second kappa shape index (κ2) is 7.37. The van der Waals surface area contributed by atoms with E-state index in [0.29, 0.717) is 33.5 Å². The predicted molar refractivity (Wildman–Crippen MR) is 120 cm³/mol. The van der Waals surface area contributed by atoms with Crippen molar-refractivity contribution in [3.8, 4) is 11.4 Å². The number of nitro groups is 1. The van der Waals surface area contributed by atoms with Crippen LogP contribution in [0.25, 0.3) is 22.3 Å². The lowest BCUT2D eigenvalue weighted by molar-refractivity contribution is -0.383. The molecular weight excluding hydrogens is 444 g/mol. The second-order valence-electron chi connectivity index (χ2n) is 8.16. The lowest BCUT2D eigenvalue weighted by Crippen LogP contribution is -2.47. The molecule has 11 nitrogen and oxygen atoms in total. The minimum absolute atomic E-state index is 0.0767. The van der Waals surface area contributed by atoms with Crippen LogP contribution in [-0.2, 0) is 37.8 Å². The maximum Gasteiger partial charge on any atom is 0.355 e. The van der Waals surface area contributed by atoms with Gasteiger partial charge in [-0.25, -0.2) is 9.78 Å². The highest BCUT2D eigenvalue weighted by molar-refractivity contribution is 6.02. The molecule has 0 spiro atoms. The fourth-order valence-corrected chi connectivity index (χ4v) is 4.94. The smallest absolute Gasteiger partial charge is 0.355 e. The van der Waals surface area contributed by atoms with Gasteiger partial charge in [0.1, 0.15) is 12.0 Å². The molecule has 0 aliphatic carbocycles. The number of non-ortho nitro benzene ring substituents is 1. The molecule has 0 radical (unpaired) electrons. The number of anilines is 1. The minimum Gasteiger partial charge on any atom is -0.457 e. The molecule has 0 amide bonds. The number of rotatable bonds is 4. The van der Waals surface area contributed by atoms with Gasteiger partial charge in [-0.3, -0.25) is 19.7 Å². The van der Waals surface area contributed by atoms with E-state index in [1.54, 1.807) is 32.2 Å². The third kappa shape index (κ3) is 2.76. The first-order valence-corrected chi connectivity index (χ1v) is 10.7. The Kier molecular flexibility index (Phi) is 4.67. The molecule has 0 bridgehead atoms. The van der Waals surface area contributed by atoms with E-state index in [2.05, 4.69) is 10.3 Å². The van der Waals surface area contributed by atoms with Gasteiger partial charge in [-0.1, -0.05) is 13.0 Å². The van der Waals surface area contributed by atoms with Crippen molar-refractivity contribution in [3.63, 3.8) is 0 Å². The molecule has 1 atom stereocenters. The van der Waals surface area contributed by atoms with E-state index in [4.69, 9.17) is 9.47 Å². The molecule has 0 saturated heterocycles. The third-order valence-electron chi connectivity index (χ3n) is 6.42. The average molecular weight is 464 g/mol. The standard InChI is InChI=1S/C23H20N4O7/c1-4-23(34-11(2)28)14-8-17-19-12(9-26(17)21(29)13(14)10-33-22(23)30)20(24-3)18-15(25-19)6-5-7-16(18)27(31)32/h5-8H,4,9-10H2,1-3H3,(H,24,25). The van der Waals surface area contributed by atoms with Crippen LogP contribution >= 0.6 is 0 Å². The van der Waals surface area contributed by atoms with Crippen molar-refractivity contribution in [2.75, 3.05) is 12.4 Å². The highest BCUT2D eigenvalue weighted by Gasteiger charge is 2.50. The van der Waals surface area contributed by atoms with Crippen LogP contribution in [0.2, 0.25) is 0 Å². The van der Waals surface area contributed by atoms with Gasteiger partial charge in [0.05, 0.1) is 39.6 Å². The highest BCUT2D eigenvalue weighted by atomic mass is 16.6. The van der Waals surface area contributed by atoms with Crippen molar-refractivity contribution in [1.29, 1.82) is 0 Å². The summed E-state index contributed by atoms with van der Waals surface area (Å²) in [6.07, 6.45) is 0.0767. The van der Waals surface area contributed by atoms with Crippen molar-refractivity contribution in [3.05, 3.63) is 61.4 Å². The number of benzene rings is 1. The van der Waals surface area contributed by atoms with Crippen LogP contribution in [0.4, 0.5) is 11.4 Å². The quantitative estimate of drug-likeness (QED) is 0.274. The molecule has 1 unspecified atom stereocenters. The molecule has 0 fully saturated rings. The summed E-state index contributed by atoms with van der Waals surface area (Å²) in [6.45, 7) is 2.74. The van der Waals surface area contributed by atoms with E-state index >= 15 is 0 Å². The molecule has 174 valence electrons. The summed E-state index contributed by atoms with van der Waals surface area (Å²) in [4.78, 5) is 54.0. The summed E-state index contributed by atoms with van der Waals surface area (Å²) in [5, 5.41) is 15.1. The van der Waals surface area contributed by atoms with E-state index in [1.807, 2.05) is 0 Å². The Morgan fingerprint density at radius 1 is 1.35 bits per heavy atom. The number of carbonyl (C=O) groups is 2. The van der Waals surface area contributed by atoms with Gasteiger partial charge in [0.2, 0.25) is 5.60 Å².